The third-order valence-electron chi connectivity index (χ3n) is 1.45. The van der Waals surface area contributed by atoms with Gasteiger partial charge in [0.25, 0.3) is 0 Å². The minimum absolute atomic E-state index is 0.0918. The molecule has 1 unspecified atom stereocenters. The molecule has 4 N–H and O–H groups in total. The molecule has 21 heavy (non-hydrogen) atoms. The van der Waals surface area contributed by atoms with Crippen molar-refractivity contribution >= 4 is 50.5 Å². The summed E-state index contributed by atoms with van der Waals surface area (Å²) < 4.78 is 7.86. The van der Waals surface area contributed by atoms with Crippen molar-refractivity contribution in [3.05, 3.63) is 12.7 Å². The Balaban J connectivity index is -0.000000242. The number of carbonyl (C=O) groups is 3. The van der Waals surface area contributed by atoms with Crippen molar-refractivity contribution in [3.63, 3.8) is 0 Å². The fraction of sp³-hybridized carbons (Fsp3) is 0.500. The van der Waals surface area contributed by atoms with E-state index in [1.165, 1.54) is 0 Å². The van der Waals surface area contributed by atoms with Gasteiger partial charge in [0.05, 0.1) is 22.9 Å². The van der Waals surface area contributed by atoms with Crippen LogP contribution in [-0.4, -0.2) is 50.3 Å². The maximum atomic E-state index is 9.25. The first-order valence-electron chi connectivity index (χ1n) is 4.96. The Morgan fingerprint density at radius 3 is 1.62 bits per heavy atom. The predicted octanol–water partition coefficient (Wildman–Crippen LogP) is 2.67. The first-order chi connectivity index (χ1) is 9.44. The normalized spacial score (nSPS) is 10.7. The minimum Gasteiger partial charge on any atom is -0.478 e. The highest BCUT2D eigenvalue weighted by molar-refractivity contribution is 9.10. The molecule has 0 amide bonds. The Morgan fingerprint density at radius 1 is 1.24 bits per heavy atom. The molecular formula is C10H16Br2O9. The van der Waals surface area contributed by atoms with Crippen molar-refractivity contribution in [2.75, 3.05) is 6.61 Å². The molecule has 0 rings (SSSR count). The van der Waals surface area contributed by atoms with E-state index in [9.17, 15) is 14.4 Å². The number of halogens is 2. The van der Waals surface area contributed by atoms with E-state index < -0.39 is 18.3 Å². The molecular weight excluding hydrogens is 424 g/mol. The molecule has 124 valence electrons. The summed E-state index contributed by atoms with van der Waals surface area (Å²) in [4.78, 5) is 27.7. The number of ether oxygens (including phenoxy) is 1. The van der Waals surface area contributed by atoms with Gasteiger partial charge in [-0.05, 0) is 0 Å². The molecule has 0 radical (unpaired) electrons. The summed E-state index contributed by atoms with van der Waals surface area (Å²) >= 11 is 6.06. The average molecular weight is 440 g/mol. The van der Waals surface area contributed by atoms with E-state index in [4.69, 9.17) is 24.3 Å². The van der Waals surface area contributed by atoms with Gasteiger partial charge in [0.1, 0.15) is 5.01 Å². The second-order valence-electron chi connectivity index (χ2n) is 3.73. The largest absolute Gasteiger partial charge is 0.516 e. The van der Waals surface area contributed by atoms with Crippen molar-refractivity contribution < 1.29 is 43.4 Å². The average Bonchev–Trinajstić information content (AvgIpc) is 2.37. The highest BCUT2D eigenvalue weighted by atomic mass is 79.9. The third kappa shape index (κ3) is 21.3. The molecule has 11 heteroatoms. The summed E-state index contributed by atoms with van der Waals surface area (Å²) in [6.45, 7) is 6.85. The number of aliphatic carboxylic acids is 1. The molecule has 0 aliphatic heterocycles. The van der Waals surface area contributed by atoms with Crippen LogP contribution in [0.15, 0.2) is 12.7 Å². The van der Waals surface area contributed by atoms with Crippen molar-refractivity contribution in [1.29, 1.82) is 0 Å². The Bertz CT molecular complexity index is 331. The standard InChI is InChI=1S/C5H10Br2O2.C3H4O2.C2H2O5/c1-5(2,3-8)4(6)9-7;1-2-3(4)5;3-1(4)7-2(5)6/h4,8H,3H2,1-2H3;2H,1H2,(H,4,5);(H,3,4)(H,5,6). The molecule has 0 aromatic heterocycles. The Kier molecular flexibility index (Phi) is 16.3. The maximum absolute atomic E-state index is 9.25. The molecule has 0 aromatic rings. The lowest BCUT2D eigenvalue weighted by Crippen LogP contribution is -2.28. The smallest absolute Gasteiger partial charge is 0.478 e. The zero-order valence-corrected chi connectivity index (χ0v) is 14.3. The van der Waals surface area contributed by atoms with Gasteiger partial charge in [-0.3, -0.25) is 3.83 Å². The summed E-state index contributed by atoms with van der Waals surface area (Å²) in [5.41, 5.74) is -0.247. The van der Waals surface area contributed by atoms with E-state index in [0.29, 0.717) is 0 Å². The number of hydrogen-bond acceptors (Lipinski definition) is 6. The summed E-state index contributed by atoms with van der Waals surface area (Å²) in [7, 11) is 0. The molecule has 0 heterocycles. The van der Waals surface area contributed by atoms with E-state index in [1.54, 1.807) is 0 Å². The molecule has 0 aliphatic carbocycles. The highest BCUT2D eigenvalue weighted by Crippen LogP contribution is 2.28. The van der Waals surface area contributed by atoms with Gasteiger partial charge in [-0.2, -0.15) is 0 Å². The van der Waals surface area contributed by atoms with Crippen molar-refractivity contribution in [2.24, 2.45) is 5.41 Å². The van der Waals surface area contributed by atoms with Gasteiger partial charge < -0.3 is 25.2 Å². The van der Waals surface area contributed by atoms with Gasteiger partial charge in [-0.1, -0.05) is 36.4 Å². The second kappa shape index (κ2) is 13.8. The topological polar surface area (TPSA) is 151 Å². The maximum Gasteiger partial charge on any atom is 0.516 e. The van der Waals surface area contributed by atoms with Gasteiger partial charge >= 0.3 is 18.3 Å². The number of rotatable bonds is 4. The molecule has 9 nitrogen and oxygen atoms in total. The molecule has 1 atom stereocenters. The zero-order valence-electron chi connectivity index (χ0n) is 11.2. The van der Waals surface area contributed by atoms with Crippen LogP contribution in [0.3, 0.4) is 0 Å². The van der Waals surface area contributed by atoms with Crippen LogP contribution in [0.4, 0.5) is 9.59 Å². The summed E-state index contributed by atoms with van der Waals surface area (Å²) in [5.74, 6) is -0.981. The predicted molar refractivity (Wildman–Crippen MR) is 78.6 cm³/mol. The molecule has 0 saturated carbocycles. The second-order valence-corrected chi connectivity index (χ2v) is 4.93. The van der Waals surface area contributed by atoms with Gasteiger partial charge in [0.15, 0.2) is 0 Å². The lowest BCUT2D eigenvalue weighted by atomic mass is 9.97. The highest BCUT2D eigenvalue weighted by Gasteiger charge is 2.26. The number of alkyl halides is 1. The minimum atomic E-state index is -1.81. The molecule has 0 fully saturated rings. The number of aliphatic hydroxyl groups excluding tert-OH is 1. The van der Waals surface area contributed by atoms with E-state index in [-0.39, 0.29) is 17.0 Å². The van der Waals surface area contributed by atoms with Crippen LogP contribution < -0.4 is 0 Å². The van der Waals surface area contributed by atoms with E-state index in [0.717, 1.165) is 6.08 Å². The van der Waals surface area contributed by atoms with Crippen LogP contribution in [0, 0.1) is 5.41 Å². The van der Waals surface area contributed by atoms with Crippen molar-refractivity contribution in [1.82, 2.24) is 0 Å². The number of aliphatic hydroxyl groups is 1. The lowest BCUT2D eigenvalue weighted by Gasteiger charge is -2.24. The number of carboxylic acid groups (broad SMARTS) is 3. The van der Waals surface area contributed by atoms with Gasteiger partial charge in [0, 0.05) is 11.5 Å². The van der Waals surface area contributed by atoms with Crippen LogP contribution in [-0.2, 0) is 13.4 Å². The lowest BCUT2D eigenvalue weighted by molar-refractivity contribution is -0.131. The van der Waals surface area contributed by atoms with Crippen LogP contribution in [0.2, 0.25) is 0 Å². The van der Waals surface area contributed by atoms with Gasteiger partial charge in [0.2, 0.25) is 0 Å². The number of carboxylic acids is 1. The number of hydrogen-bond donors (Lipinski definition) is 4. The van der Waals surface area contributed by atoms with E-state index in [1.807, 2.05) is 13.8 Å². The van der Waals surface area contributed by atoms with Crippen LogP contribution in [0.25, 0.3) is 0 Å². The summed E-state index contributed by atoms with van der Waals surface area (Å²) in [6.07, 6.45) is -2.79. The van der Waals surface area contributed by atoms with Crippen LogP contribution in [0.5, 0.6) is 0 Å². The van der Waals surface area contributed by atoms with Crippen molar-refractivity contribution in [2.45, 2.75) is 18.9 Å². The molecule has 0 spiro atoms. The monoisotopic (exact) mass is 438 g/mol. The molecule has 0 aromatic carbocycles. The van der Waals surface area contributed by atoms with E-state index in [2.05, 4.69) is 43.5 Å². The SMILES string of the molecule is C=CC(=O)O.CC(C)(CO)C(Br)OBr.O=C(O)OC(=O)O. The van der Waals surface area contributed by atoms with Crippen molar-refractivity contribution in [3.8, 4) is 0 Å². The summed E-state index contributed by atoms with van der Waals surface area (Å²) in [5, 5.41) is 31.2. The molecule has 0 saturated heterocycles. The Hall–Kier alpha value is -1.17. The fourth-order valence-corrected chi connectivity index (χ4v) is 0.918. The molecule has 0 bridgehead atoms. The van der Waals surface area contributed by atoms with Gasteiger partial charge in [-0.25, -0.2) is 14.4 Å². The summed E-state index contributed by atoms with van der Waals surface area (Å²) in [6, 6.07) is 0. The Morgan fingerprint density at radius 2 is 1.57 bits per heavy atom. The zero-order chi connectivity index (χ0) is 17.6. The fourth-order valence-electron chi connectivity index (χ4n) is 0.267. The van der Waals surface area contributed by atoms with Crippen LogP contribution >= 0.6 is 32.2 Å². The van der Waals surface area contributed by atoms with Gasteiger partial charge in [-0.15, -0.1) is 0 Å². The quantitative estimate of drug-likeness (QED) is 0.224. The third-order valence-corrected chi connectivity index (χ3v) is 3.75. The Labute approximate surface area is 137 Å². The first-order valence-corrected chi connectivity index (χ1v) is 6.52. The first kappa shape index (κ1) is 24.8. The molecule has 0 aliphatic rings. The van der Waals surface area contributed by atoms with Crippen LogP contribution in [0.1, 0.15) is 13.8 Å². The van der Waals surface area contributed by atoms with E-state index >= 15 is 0 Å².